The minimum atomic E-state index is 0.681. The summed E-state index contributed by atoms with van der Waals surface area (Å²) >= 11 is 6.49. The van der Waals surface area contributed by atoms with E-state index in [1.54, 1.807) is 4.68 Å². The van der Waals surface area contributed by atoms with E-state index in [0.717, 1.165) is 44.6 Å². The van der Waals surface area contributed by atoms with Crippen LogP contribution in [0.1, 0.15) is 12.6 Å². The van der Waals surface area contributed by atoms with E-state index >= 15 is 0 Å². The first kappa shape index (κ1) is 17.6. The van der Waals surface area contributed by atoms with Crippen LogP contribution in [0.25, 0.3) is 45.0 Å². The number of nitrogens with zero attached hydrogens (tertiary/aromatic N) is 5. The van der Waals surface area contributed by atoms with Gasteiger partial charge in [0.05, 0.1) is 28.1 Å². The van der Waals surface area contributed by atoms with Gasteiger partial charge in [-0.15, -0.1) is 0 Å². The Morgan fingerprint density at radius 2 is 1.93 bits per heavy atom. The molecule has 5 aromatic rings. The first-order valence-electron chi connectivity index (χ1n) is 9.33. The average molecular weight is 400 g/mol. The highest BCUT2D eigenvalue weighted by molar-refractivity contribution is 6.33. The summed E-state index contributed by atoms with van der Waals surface area (Å²) in [6, 6.07) is 11.9. The van der Waals surface area contributed by atoms with E-state index in [4.69, 9.17) is 16.6 Å². The topological polar surface area (TPSA) is 48.0 Å². The molecule has 0 fully saturated rings. The van der Waals surface area contributed by atoms with Crippen LogP contribution in [0.15, 0.2) is 67.3 Å². The van der Waals surface area contributed by atoms with Crippen LogP contribution in [0.5, 0.6) is 0 Å². The van der Waals surface area contributed by atoms with Crippen LogP contribution in [0, 0.1) is 0 Å². The summed E-state index contributed by atoms with van der Waals surface area (Å²) in [5, 5.41) is 5.94. The second kappa shape index (κ2) is 6.87. The molecule has 0 aliphatic carbocycles. The Kier molecular flexibility index (Phi) is 4.18. The predicted molar refractivity (Wildman–Crippen MR) is 118 cm³/mol. The van der Waals surface area contributed by atoms with E-state index in [1.807, 2.05) is 75.2 Å². The zero-order chi connectivity index (χ0) is 20.0. The van der Waals surface area contributed by atoms with E-state index in [1.165, 1.54) is 0 Å². The van der Waals surface area contributed by atoms with Gasteiger partial charge in [0.1, 0.15) is 5.65 Å². The van der Waals surface area contributed by atoms with Crippen molar-refractivity contribution in [2.24, 2.45) is 7.05 Å². The van der Waals surface area contributed by atoms with Gasteiger partial charge in [-0.2, -0.15) is 5.10 Å². The van der Waals surface area contributed by atoms with Gasteiger partial charge in [-0.1, -0.05) is 35.9 Å². The summed E-state index contributed by atoms with van der Waals surface area (Å²) in [7, 11) is 1.91. The van der Waals surface area contributed by atoms with Crippen LogP contribution in [-0.4, -0.2) is 24.1 Å². The molecule has 0 N–H and O–H groups in total. The highest BCUT2D eigenvalue weighted by atomic mass is 35.5. The highest BCUT2D eigenvalue weighted by Gasteiger charge is 2.17. The third kappa shape index (κ3) is 2.91. The van der Waals surface area contributed by atoms with Crippen molar-refractivity contribution in [3.05, 3.63) is 78.0 Å². The molecule has 5 rings (SSSR count). The molecule has 0 bridgehead atoms. The number of imidazole rings is 1. The van der Waals surface area contributed by atoms with Crippen molar-refractivity contribution in [3.63, 3.8) is 0 Å². The Hall–Kier alpha value is -3.44. The van der Waals surface area contributed by atoms with Crippen LogP contribution in [0.3, 0.4) is 0 Å². The molecule has 1 aromatic carbocycles. The molecule has 29 heavy (non-hydrogen) atoms. The van der Waals surface area contributed by atoms with Crippen molar-refractivity contribution < 1.29 is 0 Å². The van der Waals surface area contributed by atoms with Crippen LogP contribution in [0.4, 0.5) is 0 Å². The number of benzene rings is 1. The SMILES string of the molecule is C/C=C/c1c(-c2ccccc2Cl)nc2c3cc(-c4cnn(C)c4)cnc3ccn12. The molecular weight excluding hydrogens is 382 g/mol. The summed E-state index contributed by atoms with van der Waals surface area (Å²) in [5.74, 6) is 0. The zero-order valence-electron chi connectivity index (χ0n) is 16.0. The van der Waals surface area contributed by atoms with Crippen molar-refractivity contribution in [1.82, 2.24) is 24.1 Å². The van der Waals surface area contributed by atoms with Crippen molar-refractivity contribution >= 4 is 34.2 Å². The van der Waals surface area contributed by atoms with E-state index in [2.05, 4.69) is 26.6 Å². The fraction of sp³-hybridized carbons (Fsp3) is 0.0870. The number of pyridine rings is 2. The predicted octanol–water partition coefficient (Wildman–Crippen LogP) is 5.64. The van der Waals surface area contributed by atoms with Crippen molar-refractivity contribution in [1.29, 1.82) is 0 Å². The molecule has 5 nitrogen and oxygen atoms in total. The maximum Gasteiger partial charge on any atom is 0.147 e. The van der Waals surface area contributed by atoms with E-state index < -0.39 is 0 Å². The molecule has 6 heteroatoms. The first-order valence-corrected chi connectivity index (χ1v) is 9.71. The molecule has 0 saturated heterocycles. The average Bonchev–Trinajstić information content (AvgIpc) is 3.32. The minimum absolute atomic E-state index is 0.681. The maximum absolute atomic E-state index is 6.49. The number of halogens is 1. The van der Waals surface area contributed by atoms with Crippen molar-refractivity contribution in [2.75, 3.05) is 0 Å². The molecule has 0 atom stereocenters. The van der Waals surface area contributed by atoms with Gasteiger partial charge in [-0.25, -0.2) is 4.98 Å². The molecule has 4 aromatic heterocycles. The summed E-state index contributed by atoms with van der Waals surface area (Å²) in [6.45, 7) is 2.00. The molecule has 0 unspecified atom stereocenters. The fourth-order valence-electron chi connectivity index (χ4n) is 3.62. The van der Waals surface area contributed by atoms with Gasteiger partial charge in [-0.3, -0.25) is 14.1 Å². The molecule has 4 heterocycles. The number of fused-ring (bicyclic) bond motifs is 3. The number of allylic oxidation sites excluding steroid dienone is 1. The van der Waals surface area contributed by atoms with Crippen LogP contribution >= 0.6 is 11.6 Å². The Morgan fingerprint density at radius 1 is 1.07 bits per heavy atom. The number of aromatic nitrogens is 5. The van der Waals surface area contributed by atoms with Gasteiger partial charge >= 0.3 is 0 Å². The molecule has 0 radical (unpaired) electrons. The van der Waals surface area contributed by atoms with Crippen molar-refractivity contribution in [3.8, 4) is 22.4 Å². The van der Waals surface area contributed by atoms with Crippen LogP contribution in [0.2, 0.25) is 5.02 Å². The summed E-state index contributed by atoms with van der Waals surface area (Å²) < 4.78 is 3.88. The number of hydrogen-bond donors (Lipinski definition) is 0. The summed E-state index contributed by atoms with van der Waals surface area (Å²) in [4.78, 5) is 9.65. The van der Waals surface area contributed by atoms with Gasteiger partial charge in [0.15, 0.2) is 0 Å². The zero-order valence-corrected chi connectivity index (χ0v) is 16.8. The molecule has 0 spiro atoms. The Bertz CT molecular complexity index is 1390. The molecule has 0 amide bonds. The normalized spacial score (nSPS) is 11.8. The van der Waals surface area contributed by atoms with Gasteiger partial charge in [-0.05, 0) is 31.2 Å². The van der Waals surface area contributed by atoms with Gasteiger partial charge in [0.25, 0.3) is 0 Å². The van der Waals surface area contributed by atoms with Gasteiger partial charge in [0.2, 0.25) is 0 Å². The smallest absolute Gasteiger partial charge is 0.147 e. The second-order valence-electron chi connectivity index (χ2n) is 6.89. The third-order valence-electron chi connectivity index (χ3n) is 4.98. The maximum atomic E-state index is 6.49. The Balaban J connectivity index is 1.83. The number of hydrogen-bond acceptors (Lipinski definition) is 3. The first-order chi connectivity index (χ1) is 14.2. The largest absolute Gasteiger partial charge is 0.299 e. The number of rotatable bonds is 3. The molecular formula is C23H18ClN5. The Labute approximate surface area is 172 Å². The molecule has 0 saturated carbocycles. The third-order valence-corrected chi connectivity index (χ3v) is 5.31. The lowest BCUT2D eigenvalue weighted by atomic mass is 10.1. The van der Waals surface area contributed by atoms with Crippen molar-refractivity contribution in [2.45, 2.75) is 6.92 Å². The standard InChI is InChI=1S/C23H18ClN5/c1-3-6-21-22(17-7-4-5-8-19(17)24)27-23-18-11-15(16-13-26-28(2)14-16)12-25-20(18)9-10-29(21)23/h3-14H,1-2H3/b6-3+. The highest BCUT2D eigenvalue weighted by Crippen LogP contribution is 2.33. The summed E-state index contributed by atoms with van der Waals surface area (Å²) in [6.07, 6.45) is 11.8. The lowest BCUT2D eigenvalue weighted by molar-refractivity contribution is 0.768. The monoisotopic (exact) mass is 399 g/mol. The van der Waals surface area contributed by atoms with E-state index in [-0.39, 0.29) is 0 Å². The lowest BCUT2D eigenvalue weighted by Gasteiger charge is -2.04. The lowest BCUT2D eigenvalue weighted by Crippen LogP contribution is -1.91. The minimum Gasteiger partial charge on any atom is -0.299 e. The van der Waals surface area contributed by atoms with E-state index in [9.17, 15) is 0 Å². The second-order valence-corrected chi connectivity index (χ2v) is 7.30. The van der Waals surface area contributed by atoms with Crippen LogP contribution in [-0.2, 0) is 7.05 Å². The van der Waals surface area contributed by atoms with E-state index in [0.29, 0.717) is 5.02 Å². The van der Waals surface area contributed by atoms with Gasteiger partial charge < -0.3 is 0 Å². The Morgan fingerprint density at radius 3 is 2.69 bits per heavy atom. The molecule has 0 aliphatic heterocycles. The van der Waals surface area contributed by atoms with Crippen LogP contribution < -0.4 is 0 Å². The summed E-state index contributed by atoms with van der Waals surface area (Å²) in [5.41, 5.74) is 6.54. The quantitative estimate of drug-likeness (QED) is 0.394. The molecule has 142 valence electrons. The van der Waals surface area contributed by atoms with Gasteiger partial charge in [0, 0.05) is 47.7 Å². The fourth-order valence-corrected chi connectivity index (χ4v) is 3.84. The molecule has 0 aliphatic rings. The number of aryl methyl sites for hydroxylation is 1.